The molecule has 236 valence electrons. The third-order valence-corrected chi connectivity index (χ3v) is 9.11. The van der Waals surface area contributed by atoms with E-state index in [4.69, 9.17) is 11.6 Å². The molecule has 3 aromatic carbocycles. The minimum atomic E-state index is -4.85. The van der Waals surface area contributed by atoms with E-state index in [9.17, 15) is 31.2 Å². The van der Waals surface area contributed by atoms with Crippen LogP contribution in [0.15, 0.2) is 78.9 Å². The van der Waals surface area contributed by atoms with Gasteiger partial charge < -0.3 is 10.2 Å². The van der Waals surface area contributed by atoms with Crippen LogP contribution in [0.25, 0.3) is 0 Å². The van der Waals surface area contributed by atoms with E-state index in [1.807, 2.05) is 30.3 Å². The summed E-state index contributed by atoms with van der Waals surface area (Å²) >= 11 is 5.77. The Morgan fingerprint density at radius 1 is 0.932 bits per heavy atom. The summed E-state index contributed by atoms with van der Waals surface area (Å²) in [5, 5.41) is 2.50. The molecule has 0 heterocycles. The van der Waals surface area contributed by atoms with Gasteiger partial charge in [-0.25, -0.2) is 8.42 Å². The first kappa shape index (κ1) is 33.3. The molecule has 1 aliphatic carbocycles. The Morgan fingerprint density at radius 2 is 1.52 bits per heavy atom. The molecule has 7 nitrogen and oxygen atoms in total. The number of halogens is 4. The number of anilines is 1. The highest BCUT2D eigenvalue weighted by Gasteiger charge is 2.37. The average molecular weight is 650 g/mol. The maximum atomic E-state index is 14.1. The molecule has 1 N–H and O–H groups in total. The van der Waals surface area contributed by atoms with Crippen LogP contribution in [-0.4, -0.2) is 50.0 Å². The number of carbonyl (C=O) groups excluding carboxylic acids is 2. The molecule has 1 fully saturated rings. The van der Waals surface area contributed by atoms with Gasteiger partial charge in [-0.1, -0.05) is 91.5 Å². The third-order valence-electron chi connectivity index (χ3n) is 7.64. The summed E-state index contributed by atoms with van der Waals surface area (Å²) in [6.45, 7) is -0.853. The van der Waals surface area contributed by atoms with E-state index in [-0.39, 0.29) is 30.6 Å². The molecule has 12 heteroatoms. The van der Waals surface area contributed by atoms with Gasteiger partial charge in [0.05, 0.1) is 22.5 Å². The van der Waals surface area contributed by atoms with E-state index in [0.717, 1.165) is 56.1 Å². The van der Waals surface area contributed by atoms with Crippen molar-refractivity contribution in [1.29, 1.82) is 0 Å². The largest absolute Gasteiger partial charge is 0.417 e. The Labute approximate surface area is 261 Å². The standard InChI is InChI=1S/C32H35ClF3N3O4S/c1-44(42,43)39(26-17-18-28(33)27(20-26)32(34,35)36)22-30(40)38(21-24-13-7-3-8-14-24)29(19-23-11-5-2-6-12-23)31(41)37-25-15-9-4-10-16-25/h2-3,5-8,11-14,17-18,20,25,29H,4,9-10,15-16,19,21-22H2,1H3,(H,37,41)/t29-/m1/s1. The molecule has 1 atom stereocenters. The molecule has 1 aliphatic rings. The zero-order valence-electron chi connectivity index (χ0n) is 24.3. The second kappa shape index (κ2) is 14.5. The van der Waals surface area contributed by atoms with Crippen molar-refractivity contribution in [3.63, 3.8) is 0 Å². The summed E-state index contributed by atoms with van der Waals surface area (Å²) in [5.74, 6) is -1.12. The van der Waals surface area contributed by atoms with Crippen molar-refractivity contribution in [2.75, 3.05) is 17.1 Å². The van der Waals surface area contributed by atoms with Gasteiger partial charge in [-0.05, 0) is 42.2 Å². The lowest BCUT2D eigenvalue weighted by molar-refractivity contribution is -0.140. The van der Waals surface area contributed by atoms with Crippen LogP contribution in [0.2, 0.25) is 5.02 Å². The first-order valence-corrected chi connectivity index (χ1v) is 16.6. The van der Waals surface area contributed by atoms with Crippen molar-refractivity contribution in [3.8, 4) is 0 Å². The molecule has 0 spiro atoms. The molecule has 2 amide bonds. The van der Waals surface area contributed by atoms with Gasteiger partial charge in [-0.3, -0.25) is 13.9 Å². The number of amides is 2. The zero-order chi connectivity index (χ0) is 31.9. The number of hydrogen-bond acceptors (Lipinski definition) is 4. The van der Waals surface area contributed by atoms with Crippen molar-refractivity contribution >= 4 is 39.1 Å². The van der Waals surface area contributed by atoms with Crippen LogP contribution < -0.4 is 9.62 Å². The van der Waals surface area contributed by atoms with Crippen LogP contribution in [0.4, 0.5) is 18.9 Å². The van der Waals surface area contributed by atoms with Crippen LogP contribution in [0, 0.1) is 0 Å². The molecule has 3 aromatic rings. The van der Waals surface area contributed by atoms with E-state index in [1.165, 1.54) is 4.90 Å². The topological polar surface area (TPSA) is 86.8 Å². The number of alkyl halides is 3. The lowest BCUT2D eigenvalue weighted by Gasteiger charge is -2.35. The minimum Gasteiger partial charge on any atom is -0.352 e. The highest BCUT2D eigenvalue weighted by molar-refractivity contribution is 7.92. The van der Waals surface area contributed by atoms with Gasteiger partial charge in [0.25, 0.3) is 0 Å². The number of nitrogens with one attached hydrogen (secondary N) is 1. The van der Waals surface area contributed by atoms with E-state index < -0.39 is 45.3 Å². The number of carbonyl (C=O) groups is 2. The fraction of sp³-hybridized carbons (Fsp3) is 0.375. The Morgan fingerprint density at radius 3 is 2.09 bits per heavy atom. The predicted molar refractivity (Wildman–Crippen MR) is 165 cm³/mol. The summed E-state index contributed by atoms with van der Waals surface area (Å²) in [7, 11) is -4.25. The van der Waals surface area contributed by atoms with Crippen molar-refractivity contribution in [2.45, 2.75) is 63.3 Å². The molecule has 0 unspecified atom stereocenters. The quantitative estimate of drug-likeness (QED) is 0.268. The Bertz CT molecular complexity index is 1530. The number of sulfonamides is 1. The van der Waals surface area contributed by atoms with Crippen molar-refractivity contribution in [3.05, 3.63) is 101 Å². The van der Waals surface area contributed by atoms with Gasteiger partial charge in [0.2, 0.25) is 21.8 Å². The van der Waals surface area contributed by atoms with Gasteiger partial charge in [-0.2, -0.15) is 13.2 Å². The van der Waals surface area contributed by atoms with Gasteiger partial charge in [0.1, 0.15) is 12.6 Å². The lowest BCUT2D eigenvalue weighted by Crippen LogP contribution is -2.55. The van der Waals surface area contributed by atoms with Gasteiger partial charge in [-0.15, -0.1) is 0 Å². The molecule has 0 bridgehead atoms. The lowest BCUT2D eigenvalue weighted by atomic mass is 9.94. The summed E-state index contributed by atoms with van der Waals surface area (Å²) < 4.78 is 67.4. The summed E-state index contributed by atoms with van der Waals surface area (Å²) in [6, 6.07) is 19.7. The molecular formula is C32H35ClF3N3O4S. The molecular weight excluding hydrogens is 615 g/mol. The Hall–Kier alpha value is -3.57. The second-order valence-electron chi connectivity index (χ2n) is 11.0. The number of nitrogens with zero attached hydrogens (tertiary/aromatic N) is 2. The van der Waals surface area contributed by atoms with E-state index >= 15 is 0 Å². The monoisotopic (exact) mass is 649 g/mol. The van der Waals surface area contributed by atoms with Crippen molar-refractivity contribution < 1.29 is 31.2 Å². The Balaban J connectivity index is 1.74. The van der Waals surface area contributed by atoms with E-state index in [0.29, 0.717) is 15.9 Å². The number of benzene rings is 3. The summed E-state index contributed by atoms with van der Waals surface area (Å²) in [5.41, 5.74) is -0.119. The van der Waals surface area contributed by atoms with Crippen LogP contribution in [0.1, 0.15) is 48.8 Å². The molecule has 4 rings (SSSR count). The first-order valence-electron chi connectivity index (χ1n) is 14.3. The molecule has 44 heavy (non-hydrogen) atoms. The van der Waals surface area contributed by atoms with Crippen LogP contribution in [0.3, 0.4) is 0 Å². The fourth-order valence-electron chi connectivity index (χ4n) is 5.38. The smallest absolute Gasteiger partial charge is 0.352 e. The summed E-state index contributed by atoms with van der Waals surface area (Å²) in [6.07, 6.45) is 0.776. The molecule has 0 aromatic heterocycles. The zero-order valence-corrected chi connectivity index (χ0v) is 25.8. The van der Waals surface area contributed by atoms with Crippen molar-refractivity contribution in [1.82, 2.24) is 10.2 Å². The maximum Gasteiger partial charge on any atom is 0.417 e. The minimum absolute atomic E-state index is 0.0265. The van der Waals surface area contributed by atoms with Gasteiger partial charge >= 0.3 is 6.18 Å². The first-order chi connectivity index (χ1) is 20.8. The van der Waals surface area contributed by atoms with E-state index in [2.05, 4.69) is 5.32 Å². The summed E-state index contributed by atoms with van der Waals surface area (Å²) in [4.78, 5) is 29.4. The predicted octanol–water partition coefficient (Wildman–Crippen LogP) is 6.21. The number of hydrogen-bond donors (Lipinski definition) is 1. The number of rotatable bonds is 11. The highest BCUT2D eigenvalue weighted by atomic mass is 35.5. The third kappa shape index (κ3) is 8.98. The van der Waals surface area contributed by atoms with Crippen LogP contribution >= 0.6 is 11.6 Å². The van der Waals surface area contributed by atoms with Crippen LogP contribution in [-0.2, 0) is 38.8 Å². The Kier molecular flexibility index (Phi) is 11.0. The second-order valence-corrected chi connectivity index (χ2v) is 13.3. The fourth-order valence-corrected chi connectivity index (χ4v) is 6.44. The SMILES string of the molecule is CS(=O)(=O)N(CC(=O)N(Cc1ccccc1)[C@H](Cc1ccccc1)C(=O)NC1CCCCC1)c1ccc(Cl)c(C(F)(F)F)c1. The normalized spacial score (nSPS) is 14.9. The van der Waals surface area contributed by atoms with Crippen LogP contribution in [0.5, 0.6) is 0 Å². The maximum absolute atomic E-state index is 14.1. The average Bonchev–Trinajstić information content (AvgIpc) is 2.98. The van der Waals surface area contributed by atoms with Gasteiger partial charge in [0, 0.05) is 19.0 Å². The van der Waals surface area contributed by atoms with Crippen molar-refractivity contribution in [2.24, 2.45) is 0 Å². The molecule has 0 radical (unpaired) electrons. The molecule has 1 saturated carbocycles. The molecule has 0 saturated heterocycles. The van der Waals surface area contributed by atoms with Gasteiger partial charge in [0.15, 0.2) is 0 Å². The van der Waals surface area contributed by atoms with E-state index in [1.54, 1.807) is 30.3 Å². The highest BCUT2D eigenvalue weighted by Crippen LogP contribution is 2.37. The molecule has 0 aliphatic heterocycles.